The first-order valence-electron chi connectivity index (χ1n) is 6.61. The van der Waals surface area contributed by atoms with Gasteiger partial charge in [0.05, 0.1) is 0 Å². The minimum absolute atomic E-state index is 0.178. The van der Waals surface area contributed by atoms with E-state index in [9.17, 15) is 4.79 Å². The van der Waals surface area contributed by atoms with Crippen LogP contribution in [0, 0.1) is 11.8 Å². The molecule has 0 bridgehead atoms. The lowest BCUT2D eigenvalue weighted by molar-refractivity contribution is -0.128. The van der Waals surface area contributed by atoms with Crippen LogP contribution < -0.4 is 0 Å². The number of hydrogen-bond acceptors (Lipinski definition) is 2. The van der Waals surface area contributed by atoms with E-state index in [-0.39, 0.29) is 5.91 Å². The van der Waals surface area contributed by atoms with Gasteiger partial charge in [0.15, 0.2) is 0 Å². The molecule has 0 N–H and O–H groups in total. The Bertz CT molecular complexity index is 271. The largest absolute Gasteiger partial charge is 0.339 e. The summed E-state index contributed by atoms with van der Waals surface area (Å²) < 4.78 is 0. The Kier molecular flexibility index (Phi) is 5.69. The molecule has 0 aliphatic carbocycles. The third kappa shape index (κ3) is 4.90. The fraction of sp³-hybridized carbons (Fsp3) is 0.786. The highest BCUT2D eigenvalue weighted by Gasteiger charge is 2.24. The van der Waals surface area contributed by atoms with Crippen LogP contribution in [0.1, 0.15) is 26.7 Å². The molecule has 0 radical (unpaired) electrons. The van der Waals surface area contributed by atoms with Crippen molar-refractivity contribution in [2.75, 3.05) is 33.7 Å². The molecular weight excluding hydrogens is 212 g/mol. The Hall–Kier alpha value is -0.830. The fourth-order valence-corrected chi connectivity index (χ4v) is 2.22. The lowest BCUT2D eigenvalue weighted by atomic mass is 9.88. The summed E-state index contributed by atoms with van der Waals surface area (Å²) in [5.74, 6) is 1.53. The fourth-order valence-electron chi connectivity index (χ4n) is 2.22. The first-order chi connectivity index (χ1) is 8.00. The second kappa shape index (κ2) is 6.80. The van der Waals surface area contributed by atoms with Gasteiger partial charge in [0.1, 0.15) is 0 Å². The van der Waals surface area contributed by atoms with Gasteiger partial charge in [-0.2, -0.15) is 0 Å². The molecule has 1 fully saturated rings. The van der Waals surface area contributed by atoms with Crippen LogP contribution in [-0.4, -0.2) is 49.4 Å². The summed E-state index contributed by atoms with van der Waals surface area (Å²) >= 11 is 0. The molecule has 1 aliphatic heterocycles. The van der Waals surface area contributed by atoms with Gasteiger partial charge in [-0.3, -0.25) is 4.79 Å². The third-order valence-electron chi connectivity index (χ3n) is 3.44. The molecule has 0 spiro atoms. The van der Waals surface area contributed by atoms with Crippen molar-refractivity contribution in [3.63, 3.8) is 0 Å². The number of likely N-dealkylation sites (N-methyl/N-ethyl adjacent to an activating group) is 1. The van der Waals surface area contributed by atoms with Gasteiger partial charge < -0.3 is 9.80 Å². The van der Waals surface area contributed by atoms with Crippen LogP contribution in [0.25, 0.3) is 0 Å². The molecule has 1 aliphatic rings. The summed E-state index contributed by atoms with van der Waals surface area (Å²) in [4.78, 5) is 16.0. The standard InChI is InChI=1S/C14H26N2O/c1-12(2)13-7-5-10-16(11-13)14(17)8-6-9-15(3)4/h6,8,12-13H,5,7,9-11H2,1-4H3/b8-6+/t13-/m1/s1. The van der Waals surface area contributed by atoms with Crippen molar-refractivity contribution >= 4 is 5.91 Å². The minimum atomic E-state index is 0.178. The summed E-state index contributed by atoms with van der Waals surface area (Å²) in [5, 5.41) is 0. The lowest BCUT2D eigenvalue weighted by Gasteiger charge is -2.34. The second-order valence-corrected chi connectivity index (χ2v) is 5.60. The zero-order chi connectivity index (χ0) is 12.8. The van der Waals surface area contributed by atoms with E-state index >= 15 is 0 Å². The molecule has 1 amide bonds. The maximum Gasteiger partial charge on any atom is 0.246 e. The number of piperidine rings is 1. The van der Waals surface area contributed by atoms with Gasteiger partial charge in [-0.25, -0.2) is 0 Å². The normalized spacial score (nSPS) is 21.8. The van der Waals surface area contributed by atoms with Crippen molar-refractivity contribution in [2.24, 2.45) is 11.8 Å². The molecule has 0 aromatic rings. The van der Waals surface area contributed by atoms with E-state index in [1.54, 1.807) is 6.08 Å². The Balaban J connectivity index is 2.43. The second-order valence-electron chi connectivity index (χ2n) is 5.60. The smallest absolute Gasteiger partial charge is 0.246 e. The SMILES string of the molecule is CC(C)[C@@H]1CCCN(C(=O)/C=C/CN(C)C)C1. The Morgan fingerprint density at radius 3 is 2.76 bits per heavy atom. The Morgan fingerprint density at radius 2 is 2.18 bits per heavy atom. The van der Waals surface area contributed by atoms with Gasteiger partial charge in [-0.1, -0.05) is 19.9 Å². The molecule has 1 atom stereocenters. The van der Waals surface area contributed by atoms with Gasteiger partial charge in [0.25, 0.3) is 0 Å². The highest BCUT2D eigenvalue weighted by molar-refractivity contribution is 5.87. The van der Waals surface area contributed by atoms with E-state index in [0.29, 0.717) is 11.8 Å². The zero-order valence-corrected chi connectivity index (χ0v) is 11.6. The van der Waals surface area contributed by atoms with Gasteiger partial charge in [-0.15, -0.1) is 0 Å². The summed E-state index contributed by atoms with van der Waals surface area (Å²) in [5.41, 5.74) is 0. The Labute approximate surface area is 105 Å². The molecule has 1 heterocycles. The number of rotatable bonds is 4. The Morgan fingerprint density at radius 1 is 1.47 bits per heavy atom. The van der Waals surface area contributed by atoms with Gasteiger partial charge >= 0.3 is 0 Å². The van der Waals surface area contributed by atoms with Crippen molar-refractivity contribution in [1.82, 2.24) is 9.80 Å². The van der Waals surface area contributed by atoms with Gasteiger partial charge in [0, 0.05) is 25.7 Å². The molecule has 1 saturated heterocycles. The van der Waals surface area contributed by atoms with E-state index in [1.807, 2.05) is 25.1 Å². The highest BCUT2D eigenvalue weighted by Crippen LogP contribution is 2.23. The van der Waals surface area contributed by atoms with Crippen LogP contribution in [0.2, 0.25) is 0 Å². The quantitative estimate of drug-likeness (QED) is 0.699. The summed E-state index contributed by atoms with van der Waals surface area (Å²) in [6.07, 6.45) is 6.09. The van der Waals surface area contributed by atoms with Crippen LogP contribution in [0.4, 0.5) is 0 Å². The third-order valence-corrected chi connectivity index (χ3v) is 3.44. The van der Waals surface area contributed by atoms with Crippen LogP contribution >= 0.6 is 0 Å². The van der Waals surface area contributed by atoms with Crippen LogP contribution in [0.5, 0.6) is 0 Å². The average Bonchev–Trinajstić information content (AvgIpc) is 2.28. The number of nitrogens with zero attached hydrogens (tertiary/aromatic N) is 2. The number of carbonyl (C=O) groups is 1. The maximum absolute atomic E-state index is 12.0. The zero-order valence-electron chi connectivity index (χ0n) is 11.6. The molecule has 3 heteroatoms. The first-order valence-corrected chi connectivity index (χ1v) is 6.61. The average molecular weight is 238 g/mol. The molecule has 0 aromatic carbocycles. The number of carbonyl (C=O) groups excluding carboxylic acids is 1. The maximum atomic E-state index is 12.0. The van der Waals surface area contributed by atoms with Crippen molar-refractivity contribution in [3.05, 3.63) is 12.2 Å². The summed E-state index contributed by atoms with van der Waals surface area (Å²) in [6, 6.07) is 0. The van der Waals surface area contributed by atoms with Crippen molar-refractivity contribution in [1.29, 1.82) is 0 Å². The number of amides is 1. The summed E-state index contributed by atoms with van der Waals surface area (Å²) in [6.45, 7) is 7.19. The van der Waals surface area contributed by atoms with E-state index in [4.69, 9.17) is 0 Å². The van der Waals surface area contributed by atoms with E-state index in [0.717, 1.165) is 26.1 Å². The van der Waals surface area contributed by atoms with E-state index < -0.39 is 0 Å². The molecule has 0 aromatic heterocycles. The van der Waals surface area contributed by atoms with Crippen molar-refractivity contribution in [2.45, 2.75) is 26.7 Å². The first kappa shape index (κ1) is 14.2. The highest BCUT2D eigenvalue weighted by atomic mass is 16.2. The van der Waals surface area contributed by atoms with Crippen LogP contribution in [0.15, 0.2) is 12.2 Å². The predicted molar refractivity (Wildman–Crippen MR) is 71.8 cm³/mol. The molecule has 3 nitrogen and oxygen atoms in total. The number of hydrogen-bond donors (Lipinski definition) is 0. The lowest BCUT2D eigenvalue weighted by Crippen LogP contribution is -2.40. The van der Waals surface area contributed by atoms with Crippen LogP contribution in [-0.2, 0) is 4.79 Å². The summed E-state index contributed by atoms with van der Waals surface area (Å²) in [7, 11) is 4.01. The number of likely N-dealkylation sites (tertiary alicyclic amines) is 1. The minimum Gasteiger partial charge on any atom is -0.339 e. The van der Waals surface area contributed by atoms with Crippen molar-refractivity contribution < 1.29 is 4.79 Å². The monoisotopic (exact) mass is 238 g/mol. The molecular formula is C14H26N2O. The predicted octanol–water partition coefficient (Wildman–Crippen LogP) is 2.00. The molecule has 1 rings (SSSR count). The van der Waals surface area contributed by atoms with Gasteiger partial charge in [-0.05, 0) is 38.8 Å². The topological polar surface area (TPSA) is 23.6 Å². The molecule has 0 saturated carbocycles. The molecule has 0 unspecified atom stereocenters. The van der Waals surface area contributed by atoms with Crippen LogP contribution in [0.3, 0.4) is 0 Å². The van der Waals surface area contributed by atoms with E-state index in [2.05, 4.69) is 18.7 Å². The molecule has 98 valence electrons. The molecule has 17 heavy (non-hydrogen) atoms. The van der Waals surface area contributed by atoms with Crippen molar-refractivity contribution in [3.8, 4) is 0 Å². The van der Waals surface area contributed by atoms with E-state index in [1.165, 1.54) is 6.42 Å². The van der Waals surface area contributed by atoms with Gasteiger partial charge in [0.2, 0.25) is 5.91 Å².